The van der Waals surface area contributed by atoms with Crippen LogP contribution in [0.2, 0.25) is 0 Å². The molecule has 41 heavy (non-hydrogen) atoms. The minimum atomic E-state index is -0.358. The molecule has 0 aliphatic heterocycles. The Morgan fingerprint density at radius 2 is 1.61 bits per heavy atom. The molecular formula is C36H47N3O2. The molecule has 4 aromatic rings. The van der Waals surface area contributed by atoms with Crippen LogP contribution in [0.1, 0.15) is 101 Å². The van der Waals surface area contributed by atoms with Crippen LogP contribution in [-0.4, -0.2) is 28.7 Å². The highest BCUT2D eigenvalue weighted by atomic mass is 16.5. The zero-order valence-electron chi connectivity index (χ0n) is 25.9. The third-order valence-electron chi connectivity index (χ3n) is 8.12. The standard InChI is InChI=1S/C36H47N3O2/c1-8-12-29(22-41-36(40)39-24(6)7)34(28-17-15-27(16-18-28)23(4)5)31-20-37-33-21-38-32(19-30(31)33)35-25(9-2)13-11-14-26(35)10-3/h11,13-21,23-24,29,34,37H,8-10,12,22H2,1-7H3,(H,39,40). The number of alkyl carbamates (subject to hydrolysis) is 1. The fourth-order valence-electron chi connectivity index (χ4n) is 5.98. The molecule has 2 unspecified atom stereocenters. The van der Waals surface area contributed by atoms with Crippen molar-refractivity contribution in [3.63, 3.8) is 0 Å². The van der Waals surface area contributed by atoms with E-state index >= 15 is 0 Å². The van der Waals surface area contributed by atoms with Crippen molar-refractivity contribution < 1.29 is 9.53 Å². The maximum absolute atomic E-state index is 12.5. The number of nitrogens with one attached hydrogen (secondary N) is 2. The first-order valence-electron chi connectivity index (χ1n) is 15.4. The topological polar surface area (TPSA) is 67.0 Å². The van der Waals surface area contributed by atoms with E-state index in [9.17, 15) is 4.79 Å². The molecule has 0 spiro atoms. The summed E-state index contributed by atoms with van der Waals surface area (Å²) in [5.74, 6) is 0.636. The highest BCUT2D eigenvalue weighted by molar-refractivity contribution is 5.88. The minimum Gasteiger partial charge on any atom is -0.449 e. The fraction of sp³-hybridized carbons (Fsp3) is 0.444. The first-order valence-corrected chi connectivity index (χ1v) is 15.4. The van der Waals surface area contributed by atoms with Crippen LogP contribution in [0.25, 0.3) is 22.2 Å². The number of hydrogen-bond donors (Lipinski definition) is 2. The van der Waals surface area contributed by atoms with Crippen LogP contribution in [0.3, 0.4) is 0 Å². The highest BCUT2D eigenvalue weighted by Gasteiger charge is 2.29. The Labute approximate surface area is 246 Å². The maximum Gasteiger partial charge on any atom is 0.407 e. The summed E-state index contributed by atoms with van der Waals surface area (Å²) >= 11 is 0. The number of aromatic nitrogens is 2. The lowest BCUT2D eigenvalue weighted by atomic mass is 9.78. The van der Waals surface area contributed by atoms with Crippen LogP contribution in [0.15, 0.2) is 60.9 Å². The highest BCUT2D eigenvalue weighted by Crippen LogP contribution is 2.40. The largest absolute Gasteiger partial charge is 0.449 e. The fourth-order valence-corrected chi connectivity index (χ4v) is 5.98. The molecular weight excluding hydrogens is 506 g/mol. The van der Waals surface area contributed by atoms with E-state index in [-0.39, 0.29) is 24.0 Å². The van der Waals surface area contributed by atoms with Crippen molar-refractivity contribution in [2.75, 3.05) is 6.61 Å². The van der Waals surface area contributed by atoms with Crippen molar-refractivity contribution in [1.29, 1.82) is 0 Å². The average Bonchev–Trinajstić information content (AvgIpc) is 3.38. The van der Waals surface area contributed by atoms with Crippen LogP contribution in [0, 0.1) is 5.92 Å². The van der Waals surface area contributed by atoms with Crippen molar-refractivity contribution in [3.05, 3.63) is 88.7 Å². The van der Waals surface area contributed by atoms with Gasteiger partial charge in [0.15, 0.2) is 0 Å². The van der Waals surface area contributed by atoms with Crippen LogP contribution in [0.5, 0.6) is 0 Å². The monoisotopic (exact) mass is 553 g/mol. The summed E-state index contributed by atoms with van der Waals surface area (Å²) in [7, 11) is 0. The second kappa shape index (κ2) is 13.8. The van der Waals surface area contributed by atoms with Crippen molar-refractivity contribution in [3.8, 4) is 11.3 Å². The number of aromatic amines is 1. The molecule has 218 valence electrons. The quantitative estimate of drug-likeness (QED) is 0.184. The van der Waals surface area contributed by atoms with Crippen molar-refractivity contribution >= 4 is 17.0 Å². The van der Waals surface area contributed by atoms with Crippen LogP contribution >= 0.6 is 0 Å². The summed E-state index contributed by atoms with van der Waals surface area (Å²) in [5, 5.41) is 4.05. The number of hydrogen-bond acceptors (Lipinski definition) is 3. The number of nitrogens with zero attached hydrogens (tertiary/aromatic N) is 1. The molecule has 5 nitrogen and oxygen atoms in total. The zero-order valence-corrected chi connectivity index (χ0v) is 25.9. The van der Waals surface area contributed by atoms with E-state index in [0.717, 1.165) is 36.9 Å². The van der Waals surface area contributed by atoms with Gasteiger partial charge in [0.1, 0.15) is 0 Å². The second-order valence-corrected chi connectivity index (χ2v) is 11.8. The molecule has 2 aromatic carbocycles. The molecule has 2 atom stereocenters. The third kappa shape index (κ3) is 7.01. The number of rotatable bonds is 12. The average molecular weight is 554 g/mol. The molecule has 0 aliphatic rings. The van der Waals surface area contributed by atoms with Crippen molar-refractivity contribution in [1.82, 2.24) is 15.3 Å². The zero-order chi connectivity index (χ0) is 29.5. The van der Waals surface area contributed by atoms with Crippen LogP contribution in [0.4, 0.5) is 4.79 Å². The number of aryl methyl sites for hydroxylation is 2. The molecule has 2 aromatic heterocycles. The van der Waals surface area contributed by atoms with Gasteiger partial charge in [-0.2, -0.15) is 0 Å². The van der Waals surface area contributed by atoms with E-state index in [1.165, 1.54) is 38.8 Å². The normalized spacial score (nSPS) is 13.1. The van der Waals surface area contributed by atoms with Gasteiger partial charge in [0.25, 0.3) is 0 Å². The van der Waals surface area contributed by atoms with Crippen molar-refractivity contribution in [2.24, 2.45) is 5.92 Å². The molecule has 5 heteroatoms. The van der Waals surface area contributed by atoms with Crippen molar-refractivity contribution in [2.45, 2.75) is 92.0 Å². The van der Waals surface area contributed by atoms with Gasteiger partial charge in [-0.3, -0.25) is 4.98 Å². The molecule has 0 bridgehead atoms. The molecule has 4 rings (SSSR count). The summed E-state index contributed by atoms with van der Waals surface area (Å²) < 4.78 is 5.82. The summed E-state index contributed by atoms with van der Waals surface area (Å²) in [6, 6.07) is 17.9. The summed E-state index contributed by atoms with van der Waals surface area (Å²) in [4.78, 5) is 21.0. The Bertz CT molecular complexity index is 1410. The van der Waals surface area contributed by atoms with Gasteiger partial charge in [-0.05, 0) is 72.9 Å². The first kappa shape index (κ1) is 30.4. The molecule has 0 saturated carbocycles. The van der Waals surface area contributed by atoms with Gasteiger partial charge in [-0.25, -0.2) is 4.79 Å². The maximum atomic E-state index is 12.5. The Hall–Kier alpha value is -3.60. The number of amides is 1. The van der Waals surface area contributed by atoms with E-state index < -0.39 is 0 Å². The smallest absolute Gasteiger partial charge is 0.407 e. The lowest BCUT2D eigenvalue weighted by Crippen LogP contribution is -2.33. The van der Waals surface area contributed by atoms with Crippen LogP contribution in [-0.2, 0) is 17.6 Å². The first-order chi connectivity index (χ1) is 19.8. The summed E-state index contributed by atoms with van der Waals surface area (Å²) in [6.45, 7) is 15.3. The minimum absolute atomic E-state index is 0.0325. The SMILES string of the molecule is CCCC(COC(=O)NC(C)C)C(c1ccc(C(C)C)cc1)c1c[nH]c2cnc(-c3c(CC)cccc3CC)cc12. The Balaban J connectivity index is 1.85. The second-order valence-electron chi connectivity index (χ2n) is 11.8. The summed E-state index contributed by atoms with van der Waals surface area (Å²) in [6.07, 6.45) is 7.61. The number of pyridine rings is 1. The number of fused-ring (bicyclic) bond motifs is 1. The predicted octanol–water partition coefficient (Wildman–Crippen LogP) is 9.16. The number of benzene rings is 2. The molecule has 2 heterocycles. The summed E-state index contributed by atoms with van der Waals surface area (Å²) in [5.41, 5.74) is 9.71. The van der Waals surface area contributed by atoms with Crippen LogP contribution < -0.4 is 5.32 Å². The van der Waals surface area contributed by atoms with Gasteiger partial charge in [0, 0.05) is 35.0 Å². The molecule has 0 aliphatic carbocycles. The Morgan fingerprint density at radius 1 is 0.951 bits per heavy atom. The number of carbonyl (C=O) groups is 1. The number of carbonyl (C=O) groups excluding carboxylic acids is 1. The number of H-pyrrole nitrogens is 1. The van der Waals surface area contributed by atoms with E-state index in [0.29, 0.717) is 12.5 Å². The van der Waals surface area contributed by atoms with E-state index in [4.69, 9.17) is 9.72 Å². The van der Waals surface area contributed by atoms with Gasteiger partial charge >= 0.3 is 6.09 Å². The molecule has 0 saturated heterocycles. The predicted molar refractivity (Wildman–Crippen MR) is 171 cm³/mol. The van der Waals surface area contributed by atoms with E-state index in [1.807, 2.05) is 20.0 Å². The van der Waals surface area contributed by atoms with Gasteiger partial charge < -0.3 is 15.0 Å². The van der Waals surface area contributed by atoms with Gasteiger partial charge in [-0.1, -0.05) is 83.5 Å². The lowest BCUT2D eigenvalue weighted by molar-refractivity contribution is 0.118. The molecule has 1 amide bonds. The molecule has 0 radical (unpaired) electrons. The van der Waals surface area contributed by atoms with Gasteiger partial charge in [0.05, 0.1) is 24.0 Å². The molecule has 2 N–H and O–H groups in total. The number of ether oxygens (including phenoxy) is 1. The van der Waals surface area contributed by atoms with Gasteiger partial charge in [0.2, 0.25) is 0 Å². The third-order valence-corrected chi connectivity index (χ3v) is 8.12. The Morgan fingerprint density at radius 3 is 2.20 bits per heavy atom. The van der Waals surface area contributed by atoms with E-state index in [1.54, 1.807) is 0 Å². The Kier molecular flexibility index (Phi) is 10.3. The molecule has 0 fully saturated rings. The van der Waals surface area contributed by atoms with Gasteiger partial charge in [-0.15, -0.1) is 0 Å². The van der Waals surface area contributed by atoms with E-state index in [2.05, 4.69) is 99.6 Å². The lowest BCUT2D eigenvalue weighted by Gasteiger charge is -2.28.